The zero-order valence-electron chi connectivity index (χ0n) is 15.7. The largest absolute Gasteiger partial charge is 0.473 e. The number of halogens is 4. The number of aromatic nitrogens is 2. The molecule has 0 atom stereocenters. The number of ether oxygens (including phenoxy) is 1. The van der Waals surface area contributed by atoms with E-state index < -0.39 is 29.0 Å². The zero-order valence-corrected chi connectivity index (χ0v) is 15.7. The van der Waals surface area contributed by atoms with E-state index in [1.807, 2.05) is 4.90 Å². The normalized spacial score (nSPS) is 13.3. The van der Waals surface area contributed by atoms with Crippen LogP contribution in [0.2, 0.25) is 0 Å². The first-order valence-electron chi connectivity index (χ1n) is 9.28. The fourth-order valence-electron chi connectivity index (χ4n) is 3.36. The molecule has 156 valence electrons. The Balaban J connectivity index is 1.57. The molecule has 3 aromatic rings. The van der Waals surface area contributed by atoms with Gasteiger partial charge in [-0.3, -0.25) is 4.57 Å². The molecular weight excluding hydrogens is 402 g/mol. The van der Waals surface area contributed by atoms with Crippen molar-refractivity contribution in [3.63, 3.8) is 0 Å². The van der Waals surface area contributed by atoms with Gasteiger partial charge >= 0.3 is 5.69 Å². The first-order chi connectivity index (χ1) is 14.4. The van der Waals surface area contributed by atoms with E-state index in [9.17, 15) is 22.4 Å². The van der Waals surface area contributed by atoms with Crippen molar-refractivity contribution in [3.8, 4) is 5.88 Å². The van der Waals surface area contributed by atoms with Crippen LogP contribution in [0.15, 0.2) is 47.3 Å². The minimum absolute atomic E-state index is 0.0353. The summed E-state index contributed by atoms with van der Waals surface area (Å²) in [5.41, 5.74) is 0.422. The van der Waals surface area contributed by atoms with Crippen LogP contribution >= 0.6 is 0 Å². The molecule has 1 aromatic heterocycles. The quantitative estimate of drug-likeness (QED) is 0.591. The van der Waals surface area contributed by atoms with Crippen LogP contribution in [-0.4, -0.2) is 16.1 Å². The Morgan fingerprint density at radius 1 is 0.867 bits per heavy atom. The molecule has 0 saturated carbocycles. The summed E-state index contributed by atoms with van der Waals surface area (Å²) in [5, 5.41) is 0. The Hall–Kier alpha value is -3.36. The molecule has 0 unspecified atom stereocenters. The molecule has 0 saturated heterocycles. The van der Waals surface area contributed by atoms with Gasteiger partial charge in [0, 0.05) is 25.7 Å². The number of benzene rings is 2. The highest BCUT2D eigenvalue weighted by atomic mass is 19.2. The van der Waals surface area contributed by atoms with E-state index >= 15 is 0 Å². The Kier molecular flexibility index (Phi) is 5.43. The molecular formula is C21H17F4N3O2. The maximum Gasteiger partial charge on any atom is 0.352 e. The molecule has 30 heavy (non-hydrogen) atoms. The molecule has 9 heteroatoms. The maximum atomic E-state index is 13.5. The molecule has 0 radical (unpaired) electrons. The highest BCUT2D eigenvalue weighted by molar-refractivity contribution is 5.44. The minimum Gasteiger partial charge on any atom is -0.473 e. The van der Waals surface area contributed by atoms with E-state index in [0.29, 0.717) is 36.5 Å². The number of anilines is 1. The fraction of sp³-hybridized carbons (Fsp3) is 0.238. The Morgan fingerprint density at radius 2 is 1.53 bits per heavy atom. The lowest BCUT2D eigenvalue weighted by Crippen LogP contribution is -2.38. The lowest BCUT2D eigenvalue weighted by molar-refractivity contribution is 0.289. The van der Waals surface area contributed by atoms with Crippen molar-refractivity contribution in [2.75, 3.05) is 11.4 Å². The molecule has 2 heterocycles. The predicted octanol–water partition coefficient (Wildman–Crippen LogP) is 3.79. The van der Waals surface area contributed by atoms with Crippen molar-refractivity contribution < 1.29 is 22.3 Å². The summed E-state index contributed by atoms with van der Waals surface area (Å²) in [6.45, 7) is 1.24. The Morgan fingerprint density at radius 3 is 2.23 bits per heavy atom. The highest BCUT2D eigenvalue weighted by Gasteiger charge is 2.21. The van der Waals surface area contributed by atoms with E-state index in [0.717, 1.165) is 24.3 Å². The van der Waals surface area contributed by atoms with Gasteiger partial charge in [-0.1, -0.05) is 12.1 Å². The van der Waals surface area contributed by atoms with Crippen LogP contribution in [0.1, 0.15) is 17.5 Å². The Labute approximate surface area is 169 Å². The molecule has 0 N–H and O–H groups in total. The van der Waals surface area contributed by atoms with Crippen LogP contribution in [0.25, 0.3) is 0 Å². The summed E-state index contributed by atoms with van der Waals surface area (Å²) in [5.74, 6) is -3.25. The number of fused-ring (bicyclic) bond motifs is 1. The summed E-state index contributed by atoms with van der Waals surface area (Å²) < 4.78 is 60.1. The second-order valence-corrected chi connectivity index (χ2v) is 6.95. The van der Waals surface area contributed by atoms with Crippen LogP contribution in [0.5, 0.6) is 5.88 Å². The maximum absolute atomic E-state index is 13.5. The van der Waals surface area contributed by atoms with Crippen LogP contribution in [0.4, 0.5) is 23.4 Å². The number of hydrogen-bond acceptors (Lipinski definition) is 4. The fourth-order valence-corrected chi connectivity index (χ4v) is 3.36. The molecule has 0 fully saturated rings. The zero-order chi connectivity index (χ0) is 21.3. The third-order valence-electron chi connectivity index (χ3n) is 4.83. The van der Waals surface area contributed by atoms with Gasteiger partial charge in [0.2, 0.25) is 5.88 Å². The van der Waals surface area contributed by atoms with E-state index in [1.165, 1.54) is 16.7 Å². The van der Waals surface area contributed by atoms with Gasteiger partial charge in [-0.15, -0.1) is 0 Å². The monoisotopic (exact) mass is 419 g/mol. The highest BCUT2D eigenvalue weighted by Crippen LogP contribution is 2.25. The van der Waals surface area contributed by atoms with Gasteiger partial charge in [-0.05, 0) is 41.8 Å². The van der Waals surface area contributed by atoms with Crippen molar-refractivity contribution in [3.05, 3.63) is 87.3 Å². The van der Waals surface area contributed by atoms with Gasteiger partial charge in [0.25, 0.3) is 0 Å². The van der Waals surface area contributed by atoms with E-state index in [4.69, 9.17) is 4.74 Å². The SMILES string of the molecule is O=c1nc(OCc2ccc(F)c(F)c2)cc2n1CCCN2Cc1ccc(F)c(F)c1. The summed E-state index contributed by atoms with van der Waals surface area (Å²) in [6.07, 6.45) is 0.688. The van der Waals surface area contributed by atoms with E-state index in [1.54, 1.807) is 6.07 Å². The van der Waals surface area contributed by atoms with Crippen LogP contribution < -0.4 is 15.3 Å². The molecule has 1 aliphatic heterocycles. The van der Waals surface area contributed by atoms with Gasteiger partial charge in [0.1, 0.15) is 12.4 Å². The molecule has 1 aliphatic rings. The molecule has 5 nitrogen and oxygen atoms in total. The average Bonchev–Trinajstić information content (AvgIpc) is 2.72. The summed E-state index contributed by atoms with van der Waals surface area (Å²) in [7, 11) is 0. The lowest BCUT2D eigenvalue weighted by Gasteiger charge is -2.32. The second kappa shape index (κ2) is 8.17. The van der Waals surface area contributed by atoms with Crippen molar-refractivity contribution in [2.24, 2.45) is 0 Å². The van der Waals surface area contributed by atoms with Crippen LogP contribution in [-0.2, 0) is 19.7 Å². The van der Waals surface area contributed by atoms with E-state index in [2.05, 4.69) is 4.98 Å². The lowest BCUT2D eigenvalue weighted by atomic mass is 10.1. The van der Waals surface area contributed by atoms with Gasteiger partial charge in [0.15, 0.2) is 23.3 Å². The topological polar surface area (TPSA) is 47.4 Å². The molecule has 0 aliphatic carbocycles. The van der Waals surface area contributed by atoms with Crippen molar-refractivity contribution in [2.45, 2.75) is 26.1 Å². The molecule has 2 aromatic carbocycles. The average molecular weight is 419 g/mol. The van der Waals surface area contributed by atoms with E-state index in [-0.39, 0.29) is 19.0 Å². The van der Waals surface area contributed by atoms with Crippen molar-refractivity contribution in [1.82, 2.24) is 9.55 Å². The van der Waals surface area contributed by atoms with Gasteiger partial charge in [0.05, 0.1) is 0 Å². The van der Waals surface area contributed by atoms with Gasteiger partial charge < -0.3 is 9.64 Å². The third-order valence-corrected chi connectivity index (χ3v) is 4.83. The first-order valence-corrected chi connectivity index (χ1v) is 9.28. The molecule has 0 spiro atoms. The molecule has 0 amide bonds. The summed E-state index contributed by atoms with van der Waals surface area (Å²) in [4.78, 5) is 18.2. The number of nitrogens with zero attached hydrogens (tertiary/aromatic N) is 3. The standard InChI is InChI=1S/C21H17F4N3O2/c22-15-4-2-13(8-17(15)24)11-27-6-1-7-28-20(27)10-19(26-21(28)29)30-12-14-3-5-16(23)18(25)9-14/h2-5,8-10H,1,6-7,11-12H2. The predicted molar refractivity (Wildman–Crippen MR) is 101 cm³/mol. The van der Waals surface area contributed by atoms with Crippen LogP contribution in [0.3, 0.4) is 0 Å². The van der Waals surface area contributed by atoms with Crippen LogP contribution in [0, 0.1) is 23.3 Å². The van der Waals surface area contributed by atoms with Crippen molar-refractivity contribution in [1.29, 1.82) is 0 Å². The summed E-state index contributed by atoms with van der Waals surface area (Å²) in [6, 6.07) is 8.61. The molecule has 4 rings (SSSR count). The summed E-state index contributed by atoms with van der Waals surface area (Å²) >= 11 is 0. The van der Waals surface area contributed by atoms with Crippen molar-refractivity contribution >= 4 is 5.82 Å². The number of hydrogen-bond donors (Lipinski definition) is 0. The smallest absolute Gasteiger partial charge is 0.352 e. The second-order valence-electron chi connectivity index (χ2n) is 6.95. The minimum atomic E-state index is -0.993. The van der Waals surface area contributed by atoms with Gasteiger partial charge in [-0.2, -0.15) is 4.98 Å². The third kappa shape index (κ3) is 4.14. The Bertz CT molecular complexity index is 1150. The number of rotatable bonds is 5. The molecule has 0 bridgehead atoms. The first kappa shape index (κ1) is 19.9. The van der Waals surface area contributed by atoms with Gasteiger partial charge in [-0.25, -0.2) is 22.4 Å².